The third-order valence-electron chi connectivity index (χ3n) is 3.80. The molecule has 2 amide bonds. The SMILES string of the molecule is CCCOc1ccc(C(=O)NNC(=O)Cc2ccc(OCC)cc2)cc1OC. The molecule has 0 aliphatic rings. The van der Waals surface area contributed by atoms with E-state index < -0.39 is 5.91 Å². The fourth-order valence-electron chi connectivity index (χ4n) is 2.44. The minimum Gasteiger partial charge on any atom is -0.494 e. The van der Waals surface area contributed by atoms with Gasteiger partial charge in [0.25, 0.3) is 5.91 Å². The molecular weight excluding hydrogens is 360 g/mol. The maximum Gasteiger partial charge on any atom is 0.269 e. The highest BCUT2D eigenvalue weighted by Crippen LogP contribution is 2.28. The minimum atomic E-state index is -0.444. The Morgan fingerprint density at radius 1 is 0.929 bits per heavy atom. The van der Waals surface area contributed by atoms with Crippen LogP contribution in [0.1, 0.15) is 36.2 Å². The Labute approximate surface area is 165 Å². The average molecular weight is 386 g/mol. The summed E-state index contributed by atoms with van der Waals surface area (Å²) in [5.74, 6) is 1.01. The number of hydrogen-bond donors (Lipinski definition) is 2. The van der Waals surface area contributed by atoms with E-state index in [2.05, 4.69) is 10.9 Å². The molecule has 0 atom stereocenters. The Kier molecular flexibility index (Phi) is 8.14. The molecule has 7 nitrogen and oxygen atoms in total. The number of ether oxygens (including phenoxy) is 3. The van der Waals surface area contributed by atoms with Crippen molar-refractivity contribution in [3.8, 4) is 17.2 Å². The smallest absolute Gasteiger partial charge is 0.269 e. The van der Waals surface area contributed by atoms with Crippen LogP contribution in [0.3, 0.4) is 0 Å². The lowest BCUT2D eigenvalue weighted by Crippen LogP contribution is -2.42. The van der Waals surface area contributed by atoms with Gasteiger partial charge in [0.2, 0.25) is 5.91 Å². The van der Waals surface area contributed by atoms with Crippen LogP contribution >= 0.6 is 0 Å². The van der Waals surface area contributed by atoms with Crippen molar-refractivity contribution in [3.63, 3.8) is 0 Å². The normalized spacial score (nSPS) is 10.1. The van der Waals surface area contributed by atoms with Gasteiger partial charge in [-0.05, 0) is 49.2 Å². The number of benzene rings is 2. The van der Waals surface area contributed by atoms with E-state index in [0.29, 0.717) is 30.3 Å². The molecule has 0 aromatic heterocycles. The van der Waals surface area contributed by atoms with E-state index in [4.69, 9.17) is 14.2 Å². The highest BCUT2D eigenvalue weighted by Gasteiger charge is 2.12. The predicted octanol–water partition coefficient (Wildman–Crippen LogP) is 2.89. The lowest BCUT2D eigenvalue weighted by Gasteiger charge is -2.12. The first-order valence-electron chi connectivity index (χ1n) is 9.19. The van der Waals surface area contributed by atoms with Crippen LogP contribution < -0.4 is 25.1 Å². The van der Waals surface area contributed by atoms with Gasteiger partial charge >= 0.3 is 0 Å². The fourth-order valence-corrected chi connectivity index (χ4v) is 2.44. The van der Waals surface area contributed by atoms with Gasteiger partial charge in [-0.25, -0.2) is 0 Å². The van der Waals surface area contributed by atoms with Gasteiger partial charge in [-0.3, -0.25) is 20.4 Å². The van der Waals surface area contributed by atoms with Crippen LogP contribution in [0.15, 0.2) is 42.5 Å². The summed E-state index contributed by atoms with van der Waals surface area (Å²) in [6.45, 7) is 5.06. The number of carbonyl (C=O) groups is 2. The highest BCUT2D eigenvalue weighted by atomic mass is 16.5. The van der Waals surface area contributed by atoms with Gasteiger partial charge in [-0.1, -0.05) is 19.1 Å². The van der Waals surface area contributed by atoms with E-state index in [9.17, 15) is 9.59 Å². The zero-order valence-electron chi connectivity index (χ0n) is 16.4. The molecule has 0 unspecified atom stereocenters. The molecule has 0 bridgehead atoms. The molecule has 0 radical (unpaired) electrons. The second kappa shape index (κ2) is 10.8. The van der Waals surface area contributed by atoms with E-state index in [0.717, 1.165) is 17.7 Å². The zero-order valence-corrected chi connectivity index (χ0v) is 16.4. The van der Waals surface area contributed by atoms with Crippen LogP contribution in [0.25, 0.3) is 0 Å². The van der Waals surface area contributed by atoms with Crippen LogP contribution in [0, 0.1) is 0 Å². The molecule has 7 heteroatoms. The number of amides is 2. The third-order valence-corrected chi connectivity index (χ3v) is 3.80. The molecule has 2 rings (SSSR count). The number of rotatable bonds is 9. The van der Waals surface area contributed by atoms with E-state index in [1.807, 2.05) is 26.0 Å². The molecule has 0 saturated carbocycles. The number of methoxy groups -OCH3 is 1. The van der Waals surface area contributed by atoms with Crippen LogP contribution in [-0.4, -0.2) is 32.1 Å². The van der Waals surface area contributed by atoms with Gasteiger partial charge in [-0.15, -0.1) is 0 Å². The number of carbonyl (C=O) groups excluding carboxylic acids is 2. The first kappa shape index (κ1) is 21.1. The Balaban J connectivity index is 1.89. The van der Waals surface area contributed by atoms with Crippen LogP contribution in [0.5, 0.6) is 17.2 Å². The number of hydrazine groups is 1. The molecule has 0 saturated heterocycles. The van der Waals surface area contributed by atoms with E-state index in [1.165, 1.54) is 7.11 Å². The Morgan fingerprint density at radius 3 is 2.32 bits per heavy atom. The van der Waals surface area contributed by atoms with Crippen LogP contribution in [-0.2, 0) is 11.2 Å². The van der Waals surface area contributed by atoms with Crippen molar-refractivity contribution in [2.24, 2.45) is 0 Å². The molecule has 0 aliphatic heterocycles. The van der Waals surface area contributed by atoms with E-state index in [1.54, 1.807) is 30.3 Å². The molecule has 2 N–H and O–H groups in total. The second-order valence-electron chi connectivity index (χ2n) is 5.97. The molecule has 28 heavy (non-hydrogen) atoms. The van der Waals surface area contributed by atoms with Gasteiger partial charge in [-0.2, -0.15) is 0 Å². The van der Waals surface area contributed by atoms with Crippen molar-refractivity contribution in [2.75, 3.05) is 20.3 Å². The summed E-state index contributed by atoms with van der Waals surface area (Å²) in [6.07, 6.45) is 1.01. The molecule has 2 aromatic rings. The highest BCUT2D eigenvalue weighted by molar-refractivity contribution is 5.96. The predicted molar refractivity (Wildman–Crippen MR) is 106 cm³/mol. The minimum absolute atomic E-state index is 0.139. The van der Waals surface area contributed by atoms with Crippen molar-refractivity contribution >= 4 is 11.8 Å². The standard InChI is InChI=1S/C21H26N2O5/c1-4-12-28-18-11-8-16(14-19(18)26-3)21(25)23-22-20(24)13-15-6-9-17(10-7-15)27-5-2/h6-11,14H,4-5,12-13H2,1-3H3,(H,22,24)(H,23,25). The Bertz CT molecular complexity index is 790. The maximum atomic E-state index is 12.3. The monoisotopic (exact) mass is 386 g/mol. The summed E-state index contributed by atoms with van der Waals surface area (Å²) in [6, 6.07) is 12.1. The largest absolute Gasteiger partial charge is 0.494 e. The average Bonchev–Trinajstić information content (AvgIpc) is 2.72. The summed E-state index contributed by atoms with van der Waals surface area (Å²) >= 11 is 0. The van der Waals surface area contributed by atoms with Gasteiger partial charge in [0, 0.05) is 5.56 Å². The lowest BCUT2D eigenvalue weighted by molar-refractivity contribution is -0.121. The van der Waals surface area contributed by atoms with Crippen LogP contribution in [0.4, 0.5) is 0 Å². The zero-order chi connectivity index (χ0) is 20.4. The molecule has 0 aliphatic carbocycles. The van der Waals surface area contributed by atoms with Crippen molar-refractivity contribution < 1.29 is 23.8 Å². The molecular formula is C21H26N2O5. The van der Waals surface area contributed by atoms with Crippen molar-refractivity contribution in [2.45, 2.75) is 26.7 Å². The first-order chi connectivity index (χ1) is 13.6. The topological polar surface area (TPSA) is 85.9 Å². The summed E-state index contributed by atoms with van der Waals surface area (Å²) in [7, 11) is 1.51. The van der Waals surface area contributed by atoms with Gasteiger partial charge in [0.1, 0.15) is 5.75 Å². The van der Waals surface area contributed by atoms with E-state index >= 15 is 0 Å². The molecule has 0 heterocycles. The summed E-state index contributed by atoms with van der Waals surface area (Å²) in [5, 5.41) is 0. The lowest BCUT2D eigenvalue weighted by atomic mass is 10.1. The molecule has 0 fully saturated rings. The van der Waals surface area contributed by atoms with Crippen LogP contribution in [0.2, 0.25) is 0 Å². The van der Waals surface area contributed by atoms with Crippen molar-refractivity contribution in [1.29, 1.82) is 0 Å². The fraction of sp³-hybridized carbons (Fsp3) is 0.333. The second-order valence-corrected chi connectivity index (χ2v) is 5.97. The van der Waals surface area contributed by atoms with Gasteiger partial charge in [0.05, 0.1) is 26.7 Å². The number of hydrogen-bond acceptors (Lipinski definition) is 5. The van der Waals surface area contributed by atoms with E-state index in [-0.39, 0.29) is 12.3 Å². The quantitative estimate of drug-likeness (QED) is 0.647. The molecule has 150 valence electrons. The molecule has 2 aromatic carbocycles. The Morgan fingerprint density at radius 2 is 1.68 bits per heavy atom. The summed E-state index contributed by atoms with van der Waals surface area (Å²) in [5.41, 5.74) is 5.98. The third kappa shape index (κ3) is 6.19. The van der Waals surface area contributed by atoms with Crippen molar-refractivity contribution in [3.05, 3.63) is 53.6 Å². The molecule has 0 spiro atoms. The summed E-state index contributed by atoms with van der Waals surface area (Å²) < 4.78 is 16.2. The van der Waals surface area contributed by atoms with Gasteiger partial charge < -0.3 is 14.2 Å². The Hall–Kier alpha value is -3.22. The number of nitrogens with one attached hydrogen (secondary N) is 2. The van der Waals surface area contributed by atoms with Crippen molar-refractivity contribution in [1.82, 2.24) is 10.9 Å². The first-order valence-corrected chi connectivity index (χ1v) is 9.19. The van der Waals surface area contributed by atoms with Gasteiger partial charge in [0.15, 0.2) is 11.5 Å². The maximum absolute atomic E-state index is 12.3. The summed E-state index contributed by atoms with van der Waals surface area (Å²) in [4.78, 5) is 24.3.